The molecule has 2 fully saturated rings. The standard InChI is InChI=1S/C28H32F2N8O3S/c29-24(30)25-32-22-8-4-5-9-23(22)38(25)28-34-26(33-27(35-28)37-14-16-41-17-15-37)31-20-10-12-21(13-11-20)36-42(39,40)18-19-6-2-1-3-7-19/h1-9,20-21,24,36H,10-18H2,(H,31,33,34,35)/t20-,21-. The van der Waals surface area contributed by atoms with Crippen molar-refractivity contribution in [3.8, 4) is 5.95 Å². The third-order valence-electron chi connectivity index (χ3n) is 7.49. The van der Waals surface area contributed by atoms with Crippen molar-refractivity contribution in [1.82, 2.24) is 29.2 Å². The zero-order chi connectivity index (χ0) is 29.1. The maximum absolute atomic E-state index is 14.1. The van der Waals surface area contributed by atoms with Gasteiger partial charge in [-0.25, -0.2) is 26.9 Å². The molecule has 0 bridgehead atoms. The molecule has 1 saturated heterocycles. The van der Waals surface area contributed by atoms with Crippen molar-refractivity contribution in [2.24, 2.45) is 0 Å². The van der Waals surface area contributed by atoms with Crippen molar-refractivity contribution >= 4 is 33.0 Å². The van der Waals surface area contributed by atoms with Gasteiger partial charge in [0.05, 0.1) is 30.0 Å². The minimum Gasteiger partial charge on any atom is -0.378 e. The normalized spacial score (nSPS) is 19.8. The molecule has 2 aromatic heterocycles. The Kier molecular flexibility index (Phi) is 8.27. The van der Waals surface area contributed by atoms with Crippen LogP contribution in [-0.2, 0) is 20.5 Å². The summed E-state index contributed by atoms with van der Waals surface area (Å²) in [5.41, 5.74) is 1.63. The Hall–Kier alpha value is -3.75. The molecule has 0 amide bonds. The van der Waals surface area contributed by atoms with E-state index in [1.165, 1.54) is 4.57 Å². The molecule has 1 aliphatic carbocycles. The summed E-state index contributed by atoms with van der Waals surface area (Å²) in [6.07, 6.45) is -0.187. The predicted octanol–water partition coefficient (Wildman–Crippen LogP) is 3.83. The molecule has 3 heterocycles. The van der Waals surface area contributed by atoms with Crippen LogP contribution < -0.4 is 14.9 Å². The number of anilines is 2. The molecule has 11 nitrogen and oxygen atoms in total. The summed E-state index contributed by atoms with van der Waals surface area (Å²) in [6.45, 7) is 2.13. The van der Waals surface area contributed by atoms with Crippen LogP contribution in [0.1, 0.15) is 43.5 Å². The Morgan fingerprint density at radius 1 is 0.857 bits per heavy atom. The highest BCUT2D eigenvalue weighted by atomic mass is 32.2. The molecule has 222 valence electrons. The van der Waals surface area contributed by atoms with Crippen LogP contribution in [0.15, 0.2) is 54.6 Å². The van der Waals surface area contributed by atoms with E-state index in [2.05, 4.69) is 30.0 Å². The number of halogens is 2. The molecular formula is C28H32F2N8O3S. The molecule has 0 atom stereocenters. The van der Waals surface area contributed by atoms with E-state index in [0.717, 1.165) is 5.56 Å². The fourth-order valence-corrected chi connectivity index (χ4v) is 6.91. The molecule has 6 rings (SSSR count). The van der Waals surface area contributed by atoms with E-state index in [-0.39, 0.29) is 29.7 Å². The van der Waals surface area contributed by atoms with Gasteiger partial charge in [-0.3, -0.25) is 4.57 Å². The number of nitrogens with zero attached hydrogens (tertiary/aromatic N) is 6. The lowest BCUT2D eigenvalue weighted by Crippen LogP contribution is -2.41. The van der Waals surface area contributed by atoms with Gasteiger partial charge < -0.3 is 15.0 Å². The Morgan fingerprint density at radius 2 is 1.52 bits per heavy atom. The van der Waals surface area contributed by atoms with Crippen LogP contribution in [0.25, 0.3) is 17.0 Å². The summed E-state index contributed by atoms with van der Waals surface area (Å²) >= 11 is 0. The van der Waals surface area contributed by atoms with Crippen LogP contribution in [0.5, 0.6) is 0 Å². The van der Waals surface area contributed by atoms with E-state index in [1.54, 1.807) is 36.4 Å². The van der Waals surface area contributed by atoms with Crippen LogP contribution in [-0.4, -0.2) is 71.3 Å². The number of hydrogen-bond donors (Lipinski definition) is 2. The number of fused-ring (bicyclic) bond motifs is 1. The first-order chi connectivity index (χ1) is 20.3. The van der Waals surface area contributed by atoms with Crippen molar-refractivity contribution in [2.75, 3.05) is 36.5 Å². The topological polar surface area (TPSA) is 127 Å². The lowest BCUT2D eigenvalue weighted by Gasteiger charge is -2.30. The quantitative estimate of drug-likeness (QED) is 0.296. The Labute approximate surface area is 242 Å². The van der Waals surface area contributed by atoms with Crippen molar-refractivity contribution in [2.45, 2.75) is 49.9 Å². The third kappa shape index (κ3) is 6.50. The van der Waals surface area contributed by atoms with Crippen LogP contribution in [0.3, 0.4) is 0 Å². The second kappa shape index (κ2) is 12.2. The fourth-order valence-electron chi connectivity index (χ4n) is 5.45. The van der Waals surface area contributed by atoms with E-state index in [0.29, 0.717) is 69.0 Å². The molecular weight excluding hydrogens is 566 g/mol. The second-order valence-electron chi connectivity index (χ2n) is 10.5. The summed E-state index contributed by atoms with van der Waals surface area (Å²) in [5.74, 6) is 0.191. The van der Waals surface area contributed by atoms with E-state index < -0.39 is 22.3 Å². The summed E-state index contributed by atoms with van der Waals surface area (Å²) in [6, 6.07) is 15.8. The van der Waals surface area contributed by atoms with Gasteiger partial charge in [0.1, 0.15) is 0 Å². The number of benzene rings is 2. The maximum Gasteiger partial charge on any atom is 0.296 e. The van der Waals surface area contributed by atoms with Crippen LogP contribution in [0, 0.1) is 0 Å². The smallest absolute Gasteiger partial charge is 0.296 e. The third-order valence-corrected chi connectivity index (χ3v) is 8.90. The van der Waals surface area contributed by atoms with E-state index >= 15 is 0 Å². The minimum atomic E-state index is -3.48. The average molecular weight is 599 g/mol. The van der Waals surface area contributed by atoms with E-state index in [9.17, 15) is 17.2 Å². The average Bonchev–Trinajstić information content (AvgIpc) is 3.39. The number of aromatic nitrogens is 5. The van der Waals surface area contributed by atoms with Gasteiger partial charge in [0.25, 0.3) is 6.43 Å². The SMILES string of the molecule is O=S(=O)(Cc1ccccc1)N[C@H]1CC[C@H](Nc2nc(N3CCOCC3)nc(-n3c(C(F)F)nc4ccccc43)n2)CC1. The van der Waals surface area contributed by atoms with Crippen molar-refractivity contribution < 1.29 is 21.9 Å². The first kappa shape index (κ1) is 28.4. The highest BCUT2D eigenvalue weighted by Gasteiger charge is 2.28. The van der Waals surface area contributed by atoms with E-state index in [4.69, 9.17) is 4.74 Å². The molecule has 2 aromatic carbocycles. The molecule has 2 aliphatic rings. The number of sulfonamides is 1. The molecule has 14 heteroatoms. The second-order valence-corrected chi connectivity index (χ2v) is 12.3. The molecule has 1 saturated carbocycles. The Morgan fingerprint density at radius 3 is 2.26 bits per heavy atom. The van der Waals surface area contributed by atoms with Gasteiger partial charge >= 0.3 is 0 Å². The molecule has 1 aliphatic heterocycles. The minimum absolute atomic E-state index is 0.0261. The number of imidazole rings is 1. The first-order valence-electron chi connectivity index (χ1n) is 14.0. The number of rotatable bonds is 9. The predicted molar refractivity (Wildman–Crippen MR) is 154 cm³/mol. The molecule has 0 radical (unpaired) electrons. The molecule has 42 heavy (non-hydrogen) atoms. The molecule has 2 N–H and O–H groups in total. The van der Waals surface area contributed by atoms with Crippen LogP contribution >= 0.6 is 0 Å². The molecule has 0 unspecified atom stereocenters. The summed E-state index contributed by atoms with van der Waals surface area (Å²) in [7, 11) is -3.48. The van der Waals surface area contributed by atoms with E-state index in [1.807, 2.05) is 23.1 Å². The summed E-state index contributed by atoms with van der Waals surface area (Å²) < 4.78 is 63.3. The highest BCUT2D eigenvalue weighted by molar-refractivity contribution is 7.88. The highest BCUT2D eigenvalue weighted by Crippen LogP contribution is 2.29. The number of alkyl halides is 2. The summed E-state index contributed by atoms with van der Waals surface area (Å²) in [4.78, 5) is 19.9. The number of ether oxygens (including phenoxy) is 1. The Balaban J connectivity index is 1.21. The zero-order valence-electron chi connectivity index (χ0n) is 22.9. The lowest BCUT2D eigenvalue weighted by molar-refractivity contribution is 0.122. The van der Waals surface area contributed by atoms with Crippen LogP contribution in [0.2, 0.25) is 0 Å². The van der Waals surface area contributed by atoms with Crippen LogP contribution in [0.4, 0.5) is 20.7 Å². The largest absolute Gasteiger partial charge is 0.378 e. The maximum atomic E-state index is 14.1. The van der Waals surface area contributed by atoms with Crippen molar-refractivity contribution in [3.63, 3.8) is 0 Å². The molecule has 4 aromatic rings. The van der Waals surface area contributed by atoms with Gasteiger partial charge in [-0.05, 0) is 43.4 Å². The fraction of sp³-hybridized carbons (Fsp3) is 0.429. The number of hydrogen-bond acceptors (Lipinski definition) is 9. The first-order valence-corrected chi connectivity index (χ1v) is 15.6. The molecule has 0 spiro atoms. The van der Waals surface area contributed by atoms with Gasteiger partial charge in [0.15, 0.2) is 5.82 Å². The Bertz CT molecular complexity index is 1620. The number of morpholine rings is 1. The van der Waals surface area contributed by atoms with Crippen molar-refractivity contribution in [3.05, 3.63) is 66.0 Å². The van der Waals surface area contributed by atoms with Gasteiger partial charge in [0.2, 0.25) is 27.9 Å². The lowest BCUT2D eigenvalue weighted by atomic mass is 9.92. The van der Waals surface area contributed by atoms with Gasteiger partial charge in [0, 0.05) is 25.2 Å². The summed E-state index contributed by atoms with van der Waals surface area (Å²) in [5, 5.41) is 3.36. The zero-order valence-corrected chi connectivity index (χ0v) is 23.7. The van der Waals surface area contributed by atoms with Gasteiger partial charge in [-0.15, -0.1) is 0 Å². The van der Waals surface area contributed by atoms with Gasteiger partial charge in [-0.1, -0.05) is 42.5 Å². The number of para-hydroxylation sites is 2. The van der Waals surface area contributed by atoms with Crippen molar-refractivity contribution in [1.29, 1.82) is 0 Å². The monoisotopic (exact) mass is 598 g/mol. The number of nitrogens with one attached hydrogen (secondary N) is 2. The van der Waals surface area contributed by atoms with Gasteiger partial charge in [-0.2, -0.15) is 15.0 Å².